The third-order valence-electron chi connectivity index (χ3n) is 1.89. The average Bonchev–Trinajstić information content (AvgIpc) is 2.84. The summed E-state index contributed by atoms with van der Waals surface area (Å²) in [4.78, 5) is 0. The van der Waals surface area contributed by atoms with Gasteiger partial charge >= 0.3 is 0 Å². The third-order valence-corrected chi connectivity index (χ3v) is 2.57. The first-order valence-corrected chi connectivity index (χ1v) is 5.35. The van der Waals surface area contributed by atoms with E-state index in [0.717, 1.165) is 24.4 Å². The monoisotopic (exact) mass is 209 g/mol. The SMILES string of the molecule is NCCCn1nnnc1-c1ccsc1. The van der Waals surface area contributed by atoms with Gasteiger partial charge in [-0.2, -0.15) is 11.3 Å². The van der Waals surface area contributed by atoms with E-state index in [1.807, 2.05) is 16.8 Å². The van der Waals surface area contributed by atoms with E-state index in [2.05, 4.69) is 15.5 Å². The van der Waals surface area contributed by atoms with Crippen LogP contribution in [0.4, 0.5) is 0 Å². The summed E-state index contributed by atoms with van der Waals surface area (Å²) in [6.45, 7) is 1.43. The van der Waals surface area contributed by atoms with Gasteiger partial charge in [-0.3, -0.25) is 0 Å². The maximum atomic E-state index is 5.43. The first-order chi connectivity index (χ1) is 6.92. The van der Waals surface area contributed by atoms with Crippen LogP contribution >= 0.6 is 11.3 Å². The smallest absolute Gasteiger partial charge is 0.182 e. The lowest BCUT2D eigenvalue weighted by Gasteiger charge is -2.00. The van der Waals surface area contributed by atoms with Crippen molar-refractivity contribution in [2.75, 3.05) is 6.54 Å². The van der Waals surface area contributed by atoms with Crippen molar-refractivity contribution in [1.82, 2.24) is 20.2 Å². The summed E-state index contributed by atoms with van der Waals surface area (Å²) in [6, 6.07) is 2.01. The van der Waals surface area contributed by atoms with Crippen LogP contribution in [0.2, 0.25) is 0 Å². The van der Waals surface area contributed by atoms with E-state index < -0.39 is 0 Å². The summed E-state index contributed by atoms with van der Waals surface area (Å²) < 4.78 is 1.79. The fraction of sp³-hybridized carbons (Fsp3) is 0.375. The molecule has 0 fully saturated rings. The van der Waals surface area contributed by atoms with Gasteiger partial charge in [0.05, 0.1) is 0 Å². The summed E-state index contributed by atoms with van der Waals surface area (Å²) in [5, 5.41) is 15.6. The van der Waals surface area contributed by atoms with E-state index in [1.165, 1.54) is 0 Å². The standard InChI is InChI=1S/C8H11N5S/c9-3-1-4-13-8(10-11-12-13)7-2-5-14-6-7/h2,5-6H,1,3-4,9H2. The highest BCUT2D eigenvalue weighted by molar-refractivity contribution is 7.08. The maximum absolute atomic E-state index is 5.43. The molecule has 0 amide bonds. The fourth-order valence-corrected chi connectivity index (χ4v) is 1.83. The molecule has 0 aliphatic rings. The highest BCUT2D eigenvalue weighted by Gasteiger charge is 2.07. The molecule has 74 valence electrons. The van der Waals surface area contributed by atoms with E-state index in [9.17, 15) is 0 Å². The van der Waals surface area contributed by atoms with Gasteiger partial charge in [0, 0.05) is 17.5 Å². The van der Waals surface area contributed by atoms with Crippen molar-refractivity contribution in [3.05, 3.63) is 16.8 Å². The number of tetrazole rings is 1. The van der Waals surface area contributed by atoms with Crippen LogP contribution in [0.1, 0.15) is 6.42 Å². The molecule has 0 unspecified atom stereocenters. The van der Waals surface area contributed by atoms with Crippen LogP contribution in [0.25, 0.3) is 11.4 Å². The molecular weight excluding hydrogens is 198 g/mol. The van der Waals surface area contributed by atoms with Crippen molar-refractivity contribution in [3.63, 3.8) is 0 Å². The van der Waals surface area contributed by atoms with Crippen molar-refractivity contribution in [3.8, 4) is 11.4 Å². The quantitative estimate of drug-likeness (QED) is 0.806. The Morgan fingerprint density at radius 2 is 2.43 bits per heavy atom. The number of hydrogen-bond acceptors (Lipinski definition) is 5. The number of nitrogens with two attached hydrogens (primary N) is 1. The maximum Gasteiger partial charge on any atom is 0.182 e. The summed E-state index contributed by atoms with van der Waals surface area (Å²) in [6.07, 6.45) is 0.891. The van der Waals surface area contributed by atoms with E-state index >= 15 is 0 Å². The number of aromatic nitrogens is 4. The zero-order valence-electron chi connectivity index (χ0n) is 7.63. The van der Waals surface area contributed by atoms with Crippen LogP contribution in [-0.2, 0) is 6.54 Å². The van der Waals surface area contributed by atoms with E-state index in [-0.39, 0.29) is 0 Å². The lowest BCUT2D eigenvalue weighted by Crippen LogP contribution is -2.08. The van der Waals surface area contributed by atoms with Crippen molar-refractivity contribution >= 4 is 11.3 Å². The Morgan fingerprint density at radius 3 is 3.14 bits per heavy atom. The molecule has 0 radical (unpaired) electrons. The second-order valence-electron chi connectivity index (χ2n) is 2.88. The molecule has 14 heavy (non-hydrogen) atoms. The van der Waals surface area contributed by atoms with Gasteiger partial charge in [0.2, 0.25) is 0 Å². The van der Waals surface area contributed by atoms with Crippen LogP contribution < -0.4 is 5.73 Å². The topological polar surface area (TPSA) is 69.6 Å². The Hall–Kier alpha value is -1.27. The number of aryl methyl sites for hydroxylation is 1. The predicted octanol–water partition coefficient (Wildman–Crippen LogP) is 0.750. The molecule has 2 heterocycles. The molecule has 0 saturated carbocycles. The van der Waals surface area contributed by atoms with Crippen LogP contribution in [0.3, 0.4) is 0 Å². The predicted molar refractivity (Wildman–Crippen MR) is 54.8 cm³/mol. The Morgan fingerprint density at radius 1 is 1.50 bits per heavy atom. The normalized spacial score (nSPS) is 10.6. The van der Waals surface area contributed by atoms with Gasteiger partial charge in [-0.05, 0) is 34.8 Å². The number of thiophene rings is 1. The molecule has 0 atom stereocenters. The van der Waals surface area contributed by atoms with E-state index in [1.54, 1.807) is 16.0 Å². The first-order valence-electron chi connectivity index (χ1n) is 4.40. The van der Waals surface area contributed by atoms with Crippen molar-refractivity contribution in [2.24, 2.45) is 5.73 Å². The highest BCUT2D eigenvalue weighted by Crippen LogP contribution is 2.18. The lowest BCUT2D eigenvalue weighted by molar-refractivity contribution is 0.568. The Bertz CT molecular complexity index is 380. The van der Waals surface area contributed by atoms with Crippen LogP contribution in [0.15, 0.2) is 16.8 Å². The summed E-state index contributed by atoms with van der Waals surface area (Å²) in [5.41, 5.74) is 6.50. The highest BCUT2D eigenvalue weighted by atomic mass is 32.1. The summed E-state index contributed by atoms with van der Waals surface area (Å²) in [5.74, 6) is 0.819. The van der Waals surface area contributed by atoms with Gasteiger partial charge in [-0.25, -0.2) is 4.68 Å². The second-order valence-corrected chi connectivity index (χ2v) is 3.66. The molecule has 2 N–H and O–H groups in total. The van der Waals surface area contributed by atoms with E-state index in [0.29, 0.717) is 6.54 Å². The summed E-state index contributed by atoms with van der Waals surface area (Å²) in [7, 11) is 0. The molecule has 2 aromatic heterocycles. The molecule has 2 rings (SSSR count). The molecule has 0 aliphatic carbocycles. The molecule has 6 heteroatoms. The largest absolute Gasteiger partial charge is 0.330 e. The minimum absolute atomic E-state index is 0.656. The molecular formula is C8H11N5S. The third kappa shape index (κ3) is 1.80. The second kappa shape index (κ2) is 4.30. The molecule has 2 aromatic rings. The van der Waals surface area contributed by atoms with Crippen LogP contribution in [-0.4, -0.2) is 26.8 Å². The number of hydrogen-bond donors (Lipinski definition) is 1. The minimum atomic E-state index is 0.656. The number of rotatable bonds is 4. The Balaban J connectivity index is 2.22. The molecule has 0 aromatic carbocycles. The van der Waals surface area contributed by atoms with Gasteiger partial charge in [0.25, 0.3) is 0 Å². The number of nitrogens with zero attached hydrogens (tertiary/aromatic N) is 4. The Kier molecular flexibility index (Phi) is 2.85. The van der Waals surface area contributed by atoms with Gasteiger partial charge in [-0.15, -0.1) is 5.10 Å². The lowest BCUT2D eigenvalue weighted by atomic mass is 10.3. The average molecular weight is 209 g/mol. The fourth-order valence-electron chi connectivity index (χ4n) is 1.19. The first kappa shape index (κ1) is 9.29. The van der Waals surface area contributed by atoms with Crippen LogP contribution in [0.5, 0.6) is 0 Å². The molecule has 0 spiro atoms. The van der Waals surface area contributed by atoms with E-state index in [4.69, 9.17) is 5.73 Å². The van der Waals surface area contributed by atoms with Crippen molar-refractivity contribution < 1.29 is 0 Å². The van der Waals surface area contributed by atoms with Gasteiger partial charge in [-0.1, -0.05) is 0 Å². The molecule has 0 aliphatic heterocycles. The van der Waals surface area contributed by atoms with Crippen LogP contribution in [0, 0.1) is 0 Å². The molecule has 0 bridgehead atoms. The van der Waals surface area contributed by atoms with Crippen molar-refractivity contribution in [2.45, 2.75) is 13.0 Å². The zero-order valence-corrected chi connectivity index (χ0v) is 8.44. The van der Waals surface area contributed by atoms with Crippen molar-refractivity contribution in [1.29, 1.82) is 0 Å². The molecule has 0 saturated heterocycles. The van der Waals surface area contributed by atoms with Gasteiger partial charge in [0.15, 0.2) is 5.82 Å². The van der Waals surface area contributed by atoms with Gasteiger partial charge < -0.3 is 5.73 Å². The summed E-state index contributed by atoms with van der Waals surface area (Å²) >= 11 is 1.64. The molecule has 5 nitrogen and oxygen atoms in total. The van der Waals surface area contributed by atoms with Gasteiger partial charge in [0.1, 0.15) is 0 Å². The Labute approximate surface area is 85.5 Å². The zero-order chi connectivity index (χ0) is 9.80. The minimum Gasteiger partial charge on any atom is -0.330 e.